The molecule has 0 saturated heterocycles. The van der Waals surface area contributed by atoms with Crippen LogP contribution >= 0.6 is 0 Å². The molecule has 0 aliphatic heterocycles. The molecule has 35 heavy (non-hydrogen) atoms. The molecule has 0 aliphatic rings. The molecule has 2 aromatic carbocycles. The lowest BCUT2D eigenvalue weighted by atomic mass is 9.76. The first-order valence-corrected chi connectivity index (χ1v) is 11.8. The van der Waals surface area contributed by atoms with Crippen molar-refractivity contribution in [3.05, 3.63) is 59.2 Å². The summed E-state index contributed by atoms with van der Waals surface area (Å²) in [5.41, 5.74) is 0.985. The van der Waals surface area contributed by atoms with E-state index in [1.807, 2.05) is 18.2 Å². The highest BCUT2D eigenvalue weighted by molar-refractivity contribution is 5.89. The Hall–Kier alpha value is -3.12. The van der Waals surface area contributed by atoms with E-state index in [4.69, 9.17) is 18.9 Å². The van der Waals surface area contributed by atoms with E-state index >= 15 is 0 Å². The third kappa shape index (κ3) is 7.43. The number of esters is 1. The standard InChI is InChI=1S/C27H36N2O6/c1-5-35-26(31)27(19-28,22-11-12-23(32-2)24(18-22)33-3)14-6-7-15-29-16-13-20-9-8-10-21(17-20)25(30)34-4/h8-12,17-18,26,29,31H,5-7,13-16H2,1-4H3. The third-order valence-electron chi connectivity index (χ3n) is 5.96. The molecular formula is C27H36N2O6. The minimum absolute atomic E-state index is 0.288. The zero-order chi connectivity index (χ0) is 25.7. The second-order valence-electron chi connectivity index (χ2n) is 8.11. The molecule has 0 spiro atoms. The van der Waals surface area contributed by atoms with Crippen LogP contribution in [-0.4, -0.2) is 58.4 Å². The zero-order valence-electron chi connectivity index (χ0n) is 21.0. The van der Waals surface area contributed by atoms with Crippen molar-refractivity contribution in [2.45, 2.75) is 44.3 Å². The van der Waals surface area contributed by atoms with Gasteiger partial charge in [0.25, 0.3) is 0 Å². The highest BCUT2D eigenvalue weighted by Crippen LogP contribution is 2.38. The van der Waals surface area contributed by atoms with Gasteiger partial charge in [-0.3, -0.25) is 0 Å². The Bertz CT molecular complexity index is 990. The Morgan fingerprint density at radius 3 is 2.51 bits per heavy atom. The maximum Gasteiger partial charge on any atom is 0.337 e. The van der Waals surface area contributed by atoms with Crippen molar-refractivity contribution in [3.8, 4) is 17.6 Å². The predicted molar refractivity (Wildman–Crippen MR) is 133 cm³/mol. The van der Waals surface area contributed by atoms with E-state index in [1.54, 1.807) is 38.3 Å². The average Bonchev–Trinajstić information content (AvgIpc) is 2.89. The molecule has 0 radical (unpaired) electrons. The van der Waals surface area contributed by atoms with E-state index in [1.165, 1.54) is 14.2 Å². The van der Waals surface area contributed by atoms with Gasteiger partial charge in [-0.25, -0.2) is 4.79 Å². The fourth-order valence-electron chi connectivity index (χ4n) is 3.98. The first kappa shape index (κ1) is 28.1. The van der Waals surface area contributed by atoms with Gasteiger partial charge in [0.1, 0.15) is 5.41 Å². The molecule has 0 aromatic heterocycles. The van der Waals surface area contributed by atoms with Gasteiger partial charge in [0.15, 0.2) is 17.8 Å². The summed E-state index contributed by atoms with van der Waals surface area (Å²) >= 11 is 0. The third-order valence-corrected chi connectivity index (χ3v) is 5.96. The predicted octanol–water partition coefficient (Wildman–Crippen LogP) is 3.61. The summed E-state index contributed by atoms with van der Waals surface area (Å²) in [5.74, 6) is 0.700. The molecule has 2 N–H and O–H groups in total. The van der Waals surface area contributed by atoms with Gasteiger partial charge in [-0.05, 0) is 74.7 Å². The number of hydrogen-bond acceptors (Lipinski definition) is 8. The lowest BCUT2D eigenvalue weighted by molar-refractivity contribution is -0.131. The summed E-state index contributed by atoms with van der Waals surface area (Å²) in [4.78, 5) is 11.7. The fraction of sp³-hybridized carbons (Fsp3) is 0.481. The minimum atomic E-state index is -1.27. The van der Waals surface area contributed by atoms with Gasteiger partial charge in [0, 0.05) is 6.61 Å². The lowest BCUT2D eigenvalue weighted by Gasteiger charge is -2.32. The Labute approximate surface area is 207 Å². The van der Waals surface area contributed by atoms with Gasteiger partial charge in [-0.2, -0.15) is 5.26 Å². The highest BCUT2D eigenvalue weighted by atomic mass is 16.6. The van der Waals surface area contributed by atoms with Gasteiger partial charge in [-0.15, -0.1) is 0 Å². The second kappa shape index (κ2) is 14.3. The first-order chi connectivity index (χ1) is 16.9. The molecule has 0 saturated carbocycles. The van der Waals surface area contributed by atoms with Crippen LogP contribution in [-0.2, 0) is 21.3 Å². The maximum atomic E-state index is 11.7. The number of aliphatic hydroxyl groups is 1. The first-order valence-electron chi connectivity index (χ1n) is 11.8. The smallest absolute Gasteiger partial charge is 0.337 e. The van der Waals surface area contributed by atoms with Crippen LogP contribution in [0.3, 0.4) is 0 Å². The molecule has 2 unspecified atom stereocenters. The second-order valence-corrected chi connectivity index (χ2v) is 8.11. The number of hydrogen-bond donors (Lipinski definition) is 2. The van der Waals surface area contributed by atoms with Crippen molar-refractivity contribution in [2.75, 3.05) is 41.0 Å². The van der Waals surface area contributed by atoms with Crippen molar-refractivity contribution in [1.29, 1.82) is 5.26 Å². The molecule has 0 heterocycles. The van der Waals surface area contributed by atoms with Gasteiger partial charge >= 0.3 is 5.97 Å². The molecule has 0 amide bonds. The van der Waals surface area contributed by atoms with Crippen molar-refractivity contribution in [3.63, 3.8) is 0 Å². The number of nitriles is 1. The van der Waals surface area contributed by atoms with Crippen molar-refractivity contribution in [1.82, 2.24) is 5.32 Å². The molecule has 0 fully saturated rings. The quantitative estimate of drug-likeness (QED) is 0.224. The molecule has 2 rings (SSSR count). The molecule has 0 bridgehead atoms. The number of rotatable bonds is 15. The van der Waals surface area contributed by atoms with E-state index < -0.39 is 11.7 Å². The number of nitrogens with one attached hydrogen (secondary N) is 1. The summed E-state index contributed by atoms with van der Waals surface area (Å²) in [7, 11) is 4.45. The fourth-order valence-corrected chi connectivity index (χ4v) is 3.98. The lowest BCUT2D eigenvalue weighted by Crippen LogP contribution is -2.40. The van der Waals surface area contributed by atoms with Crippen LogP contribution in [0.15, 0.2) is 42.5 Å². The van der Waals surface area contributed by atoms with E-state index in [0.717, 1.165) is 31.5 Å². The number of carbonyl (C=O) groups is 1. The van der Waals surface area contributed by atoms with Crippen LogP contribution in [0, 0.1) is 11.3 Å². The Morgan fingerprint density at radius 2 is 1.86 bits per heavy atom. The number of nitrogens with zero attached hydrogens (tertiary/aromatic N) is 1. The van der Waals surface area contributed by atoms with Crippen molar-refractivity contribution in [2.24, 2.45) is 0 Å². The summed E-state index contributed by atoms with van der Waals surface area (Å²) < 4.78 is 20.9. The van der Waals surface area contributed by atoms with Gasteiger partial charge < -0.3 is 29.4 Å². The van der Waals surface area contributed by atoms with E-state index in [0.29, 0.717) is 35.5 Å². The topological polar surface area (TPSA) is 110 Å². The van der Waals surface area contributed by atoms with E-state index in [-0.39, 0.29) is 12.6 Å². The van der Waals surface area contributed by atoms with Crippen LogP contribution in [0.5, 0.6) is 11.5 Å². The normalized spacial score (nSPS) is 13.4. The molecule has 0 aliphatic carbocycles. The molecular weight excluding hydrogens is 448 g/mol. The van der Waals surface area contributed by atoms with E-state index in [9.17, 15) is 15.2 Å². The number of unbranched alkanes of at least 4 members (excludes halogenated alkanes) is 1. The summed E-state index contributed by atoms with van der Waals surface area (Å²) in [5, 5.41) is 24.3. The molecule has 2 atom stereocenters. The van der Waals surface area contributed by atoms with Crippen molar-refractivity contribution < 1.29 is 28.8 Å². The summed E-state index contributed by atoms with van der Waals surface area (Å²) in [6.07, 6.45) is 1.45. The Morgan fingerprint density at radius 1 is 1.09 bits per heavy atom. The largest absolute Gasteiger partial charge is 0.493 e. The average molecular weight is 485 g/mol. The number of carbonyl (C=O) groups excluding carboxylic acids is 1. The Kier molecular flexibility index (Phi) is 11.5. The zero-order valence-corrected chi connectivity index (χ0v) is 21.0. The maximum absolute atomic E-state index is 11.7. The summed E-state index contributed by atoms with van der Waals surface area (Å²) in [6, 6.07) is 15.0. The Balaban J connectivity index is 1.95. The van der Waals surface area contributed by atoms with Gasteiger partial charge in [0.2, 0.25) is 0 Å². The number of benzene rings is 2. The molecule has 8 nitrogen and oxygen atoms in total. The van der Waals surface area contributed by atoms with Gasteiger partial charge in [0.05, 0.1) is 33.0 Å². The van der Waals surface area contributed by atoms with E-state index in [2.05, 4.69) is 11.4 Å². The van der Waals surface area contributed by atoms with Gasteiger partial charge in [-0.1, -0.05) is 24.6 Å². The highest BCUT2D eigenvalue weighted by Gasteiger charge is 2.41. The number of ether oxygens (including phenoxy) is 4. The van der Waals surface area contributed by atoms with Crippen LogP contribution in [0.4, 0.5) is 0 Å². The minimum Gasteiger partial charge on any atom is -0.493 e. The monoisotopic (exact) mass is 484 g/mol. The van der Waals surface area contributed by atoms with Crippen LogP contribution < -0.4 is 14.8 Å². The molecule has 8 heteroatoms. The van der Waals surface area contributed by atoms with Crippen molar-refractivity contribution >= 4 is 5.97 Å². The number of methoxy groups -OCH3 is 3. The molecule has 190 valence electrons. The summed E-state index contributed by atoms with van der Waals surface area (Å²) in [6.45, 7) is 3.58. The van der Waals surface area contributed by atoms with Crippen LogP contribution in [0.2, 0.25) is 0 Å². The van der Waals surface area contributed by atoms with Crippen LogP contribution in [0.1, 0.15) is 47.7 Å². The number of aliphatic hydroxyl groups excluding tert-OH is 1. The molecule has 2 aromatic rings. The van der Waals surface area contributed by atoms with Crippen LogP contribution in [0.25, 0.3) is 0 Å². The SMILES string of the molecule is CCOC(O)C(C#N)(CCCCNCCc1cccc(C(=O)OC)c1)c1ccc(OC)c(OC)c1.